The van der Waals surface area contributed by atoms with E-state index in [9.17, 15) is 8.42 Å². The fourth-order valence-electron chi connectivity index (χ4n) is 9.16. The Labute approximate surface area is 287 Å². The summed E-state index contributed by atoms with van der Waals surface area (Å²) in [6.45, 7) is 0. The smallest absolute Gasteiger partial charge is 0.207 e. The molecule has 0 saturated carbocycles. The third kappa shape index (κ3) is 3.85. The van der Waals surface area contributed by atoms with E-state index in [0.717, 1.165) is 57.3 Å². The van der Waals surface area contributed by atoms with Crippen molar-refractivity contribution in [2.45, 2.75) is 34.0 Å². The Morgan fingerprint density at radius 2 is 1.06 bits per heavy atom. The molecule has 10 rings (SSSR count). The first-order valence-corrected chi connectivity index (χ1v) is 18.5. The van der Waals surface area contributed by atoms with Gasteiger partial charge >= 0.3 is 0 Å². The number of benzene rings is 7. The van der Waals surface area contributed by atoms with Gasteiger partial charge in [-0.3, -0.25) is 0 Å². The third-order valence-electron chi connectivity index (χ3n) is 11.2. The highest BCUT2D eigenvalue weighted by atomic mass is 32.2. The van der Waals surface area contributed by atoms with Gasteiger partial charge in [0.2, 0.25) is 9.84 Å². The molecule has 3 aliphatic rings. The Hall–Kier alpha value is -5.51. The van der Waals surface area contributed by atoms with Crippen molar-refractivity contribution >= 4 is 9.84 Å². The molecule has 1 atom stereocenters. The van der Waals surface area contributed by atoms with E-state index in [1.165, 1.54) is 27.8 Å². The van der Waals surface area contributed by atoms with Crippen molar-refractivity contribution < 1.29 is 8.42 Å². The SMILES string of the molecule is O=S1(=O)c2ccccc2C2(c3ccccc3-c3ccccc32)c2c1ccc1c2-c2ccccc2CCC1c1ccc(-c2ccccc2)cc1. The summed E-state index contributed by atoms with van der Waals surface area (Å²) in [4.78, 5) is 0.801. The Balaban J connectivity index is 1.33. The Morgan fingerprint density at radius 3 is 1.78 bits per heavy atom. The number of hydrogen-bond acceptors (Lipinski definition) is 2. The van der Waals surface area contributed by atoms with Gasteiger partial charge in [-0.25, -0.2) is 8.42 Å². The number of fused-ring (bicyclic) bond motifs is 13. The number of rotatable bonds is 2. The van der Waals surface area contributed by atoms with Gasteiger partial charge in [0.25, 0.3) is 0 Å². The van der Waals surface area contributed by atoms with Crippen LogP contribution in [0.25, 0.3) is 33.4 Å². The van der Waals surface area contributed by atoms with E-state index in [0.29, 0.717) is 9.79 Å². The van der Waals surface area contributed by atoms with Gasteiger partial charge in [-0.1, -0.05) is 152 Å². The van der Waals surface area contributed by atoms with Gasteiger partial charge in [0.15, 0.2) is 0 Å². The van der Waals surface area contributed by atoms with Gasteiger partial charge in [-0.15, -0.1) is 0 Å². The van der Waals surface area contributed by atoms with Crippen LogP contribution in [0.15, 0.2) is 174 Å². The molecule has 0 saturated heterocycles. The lowest BCUT2D eigenvalue weighted by Crippen LogP contribution is -2.37. The van der Waals surface area contributed by atoms with Crippen molar-refractivity contribution in [1.29, 1.82) is 0 Å². The topological polar surface area (TPSA) is 34.1 Å². The summed E-state index contributed by atoms with van der Waals surface area (Å²) in [5.41, 5.74) is 13.8. The standard InChI is InChI=1S/C46H32O2S/c47-49(48)42-21-11-10-20-41(42)46(39-18-8-6-16-36(39)37-17-7-9-19-40(37)46)45-43(49)29-28-38-34(27-26-32-14-4-5-15-35(32)44(38)45)33-24-22-31(23-25-33)30-12-2-1-3-13-30/h1-25,28-29,34H,26-27H2. The van der Waals surface area contributed by atoms with Crippen LogP contribution in [0.2, 0.25) is 0 Å². The molecule has 7 aromatic rings. The minimum absolute atomic E-state index is 0.0846. The van der Waals surface area contributed by atoms with E-state index in [-0.39, 0.29) is 5.92 Å². The highest BCUT2D eigenvalue weighted by Gasteiger charge is 2.55. The van der Waals surface area contributed by atoms with E-state index < -0.39 is 15.3 Å². The molecule has 2 aliphatic carbocycles. The monoisotopic (exact) mass is 648 g/mol. The van der Waals surface area contributed by atoms with Crippen molar-refractivity contribution in [2.75, 3.05) is 0 Å². The van der Waals surface area contributed by atoms with E-state index in [4.69, 9.17) is 0 Å². The molecule has 49 heavy (non-hydrogen) atoms. The minimum atomic E-state index is -3.84. The highest BCUT2D eigenvalue weighted by molar-refractivity contribution is 7.91. The maximum Gasteiger partial charge on any atom is 0.207 e. The first kappa shape index (κ1) is 28.5. The van der Waals surface area contributed by atoms with Crippen molar-refractivity contribution in [3.05, 3.63) is 203 Å². The van der Waals surface area contributed by atoms with Crippen LogP contribution in [-0.4, -0.2) is 8.42 Å². The average Bonchev–Trinajstić information content (AvgIpc) is 3.34. The van der Waals surface area contributed by atoms with Gasteiger partial charge in [-0.2, -0.15) is 0 Å². The van der Waals surface area contributed by atoms with Gasteiger partial charge < -0.3 is 0 Å². The average molecular weight is 649 g/mol. The molecule has 0 radical (unpaired) electrons. The van der Waals surface area contributed by atoms with Crippen molar-refractivity contribution in [1.82, 2.24) is 0 Å². The van der Waals surface area contributed by atoms with Crippen LogP contribution in [-0.2, 0) is 21.7 Å². The lowest BCUT2D eigenvalue weighted by molar-refractivity contribution is 0.580. The van der Waals surface area contributed by atoms with E-state index >= 15 is 0 Å². The maximum absolute atomic E-state index is 14.9. The molecular weight excluding hydrogens is 617 g/mol. The summed E-state index contributed by atoms with van der Waals surface area (Å²) < 4.78 is 29.7. The molecule has 1 heterocycles. The zero-order valence-corrected chi connectivity index (χ0v) is 27.6. The number of hydrogen-bond donors (Lipinski definition) is 0. The fourth-order valence-corrected chi connectivity index (χ4v) is 10.9. The Bertz CT molecular complexity index is 2520. The minimum Gasteiger partial charge on any atom is -0.218 e. The van der Waals surface area contributed by atoms with E-state index in [2.05, 4.69) is 133 Å². The van der Waals surface area contributed by atoms with Crippen molar-refractivity contribution in [2.24, 2.45) is 0 Å². The van der Waals surface area contributed by atoms with Crippen LogP contribution in [0.3, 0.4) is 0 Å². The predicted molar refractivity (Wildman–Crippen MR) is 197 cm³/mol. The molecule has 7 aromatic carbocycles. The molecular formula is C46H32O2S. The largest absolute Gasteiger partial charge is 0.218 e. The quantitative estimate of drug-likeness (QED) is 0.187. The second-order valence-electron chi connectivity index (χ2n) is 13.5. The van der Waals surface area contributed by atoms with Crippen LogP contribution in [0.4, 0.5) is 0 Å². The molecule has 1 aliphatic heterocycles. The zero-order valence-electron chi connectivity index (χ0n) is 26.8. The van der Waals surface area contributed by atoms with E-state index in [1.807, 2.05) is 24.3 Å². The fraction of sp³-hybridized carbons (Fsp3) is 0.0870. The molecule has 1 unspecified atom stereocenters. The molecule has 234 valence electrons. The molecule has 0 amide bonds. The Kier molecular flexibility index (Phi) is 6.10. The van der Waals surface area contributed by atoms with Crippen molar-refractivity contribution in [3.63, 3.8) is 0 Å². The van der Waals surface area contributed by atoms with Crippen LogP contribution in [0.1, 0.15) is 51.3 Å². The summed E-state index contributed by atoms with van der Waals surface area (Å²) in [7, 11) is -3.84. The molecule has 3 heteroatoms. The van der Waals surface area contributed by atoms with Gasteiger partial charge in [0, 0.05) is 5.92 Å². The van der Waals surface area contributed by atoms with Crippen LogP contribution in [0.5, 0.6) is 0 Å². The Morgan fingerprint density at radius 1 is 0.490 bits per heavy atom. The lowest BCUT2D eigenvalue weighted by atomic mass is 9.64. The second kappa shape index (κ2) is 10.5. The van der Waals surface area contributed by atoms with E-state index in [1.54, 1.807) is 6.07 Å². The normalized spacial score (nSPS) is 17.1. The maximum atomic E-state index is 14.9. The predicted octanol–water partition coefficient (Wildman–Crippen LogP) is 10.6. The van der Waals surface area contributed by atoms with Gasteiger partial charge in [0.1, 0.15) is 0 Å². The van der Waals surface area contributed by atoms with Crippen LogP contribution < -0.4 is 0 Å². The van der Waals surface area contributed by atoms with Crippen LogP contribution in [0, 0.1) is 0 Å². The number of aryl methyl sites for hydroxylation is 1. The summed E-state index contributed by atoms with van der Waals surface area (Å²) >= 11 is 0. The lowest BCUT2D eigenvalue weighted by Gasteiger charge is -2.42. The van der Waals surface area contributed by atoms with Gasteiger partial charge in [0.05, 0.1) is 15.2 Å². The molecule has 0 aromatic heterocycles. The van der Waals surface area contributed by atoms with Crippen LogP contribution >= 0.6 is 0 Å². The van der Waals surface area contributed by atoms with Gasteiger partial charge in [-0.05, 0) is 97.3 Å². The summed E-state index contributed by atoms with van der Waals surface area (Å²) in [6, 6.07) is 57.1. The zero-order chi connectivity index (χ0) is 32.7. The molecule has 0 N–H and O–H groups in total. The first-order valence-electron chi connectivity index (χ1n) is 17.0. The van der Waals surface area contributed by atoms with Crippen molar-refractivity contribution in [3.8, 4) is 33.4 Å². The molecule has 2 nitrogen and oxygen atoms in total. The highest BCUT2D eigenvalue weighted by Crippen LogP contribution is 2.63. The summed E-state index contributed by atoms with van der Waals surface area (Å²) in [5, 5.41) is 0. The first-order chi connectivity index (χ1) is 24.1. The summed E-state index contributed by atoms with van der Waals surface area (Å²) in [5.74, 6) is 0.0846. The second-order valence-corrected chi connectivity index (χ2v) is 15.4. The third-order valence-corrected chi connectivity index (χ3v) is 13.0. The number of sulfone groups is 1. The molecule has 0 fully saturated rings. The molecule has 1 spiro atoms. The molecule has 0 bridgehead atoms. The summed E-state index contributed by atoms with van der Waals surface area (Å²) in [6.07, 6.45) is 1.82.